The zero-order chi connectivity index (χ0) is 12.2. The normalized spacial score (nSPS) is 30.6. The number of rotatable bonds is 1. The van der Waals surface area contributed by atoms with Crippen LogP contribution < -0.4 is 0 Å². The molecule has 1 aromatic rings. The molecule has 0 saturated heterocycles. The minimum atomic E-state index is 0. The van der Waals surface area contributed by atoms with Gasteiger partial charge in [-0.3, -0.25) is 0 Å². The predicted octanol–water partition coefficient (Wildman–Crippen LogP) is 4.60. The lowest BCUT2D eigenvalue weighted by Gasteiger charge is -2.34. The highest BCUT2D eigenvalue weighted by Crippen LogP contribution is 2.58. The second-order valence-electron chi connectivity index (χ2n) is 5.73. The molecule has 1 nitrogen and oxygen atoms in total. The molecule has 2 atom stereocenters. The maximum absolute atomic E-state index is 2.44. The SMILES string of the molecule is C.CC1=CN2C=C(c3ccccc3)CC3CC32C=C1. The molecule has 0 aromatic heterocycles. The standard InChI is InChI=1S/C17H17N.CH4/c1-13-7-8-17-10-16(17)9-15(12-18(17)11-13)14-5-3-2-4-6-14;/h2-8,11-12,16H,9-10H2,1H3;1H4. The van der Waals surface area contributed by atoms with Crippen LogP contribution in [0.15, 0.2) is 60.5 Å². The summed E-state index contributed by atoms with van der Waals surface area (Å²) in [7, 11) is 0. The third kappa shape index (κ3) is 1.76. The number of allylic oxidation sites excluding steroid dienone is 3. The van der Waals surface area contributed by atoms with Crippen molar-refractivity contribution in [2.75, 3.05) is 0 Å². The van der Waals surface area contributed by atoms with Crippen molar-refractivity contribution < 1.29 is 0 Å². The minimum Gasteiger partial charge on any atom is -0.344 e. The highest BCUT2D eigenvalue weighted by Gasteiger charge is 2.57. The van der Waals surface area contributed by atoms with Gasteiger partial charge in [-0.25, -0.2) is 0 Å². The molecular weight excluding hydrogens is 230 g/mol. The summed E-state index contributed by atoms with van der Waals surface area (Å²) in [6.45, 7) is 2.17. The van der Waals surface area contributed by atoms with Crippen LogP contribution >= 0.6 is 0 Å². The van der Waals surface area contributed by atoms with Crippen molar-refractivity contribution in [2.24, 2.45) is 5.92 Å². The molecule has 1 saturated carbocycles. The second kappa shape index (κ2) is 4.12. The van der Waals surface area contributed by atoms with E-state index in [2.05, 4.69) is 66.7 Å². The van der Waals surface area contributed by atoms with Gasteiger partial charge in [-0.2, -0.15) is 0 Å². The minimum absolute atomic E-state index is 0. The quantitative estimate of drug-likeness (QED) is 0.705. The Kier molecular flexibility index (Phi) is 2.67. The second-order valence-corrected chi connectivity index (χ2v) is 5.73. The molecule has 3 aliphatic rings. The fraction of sp³-hybridized carbons (Fsp3) is 0.333. The van der Waals surface area contributed by atoms with Crippen molar-refractivity contribution in [2.45, 2.75) is 32.7 Å². The first-order chi connectivity index (χ1) is 8.78. The van der Waals surface area contributed by atoms with Crippen LogP contribution in [0.2, 0.25) is 0 Å². The Labute approximate surface area is 115 Å². The molecule has 0 radical (unpaired) electrons. The van der Waals surface area contributed by atoms with Crippen molar-refractivity contribution in [3.05, 3.63) is 66.0 Å². The van der Waals surface area contributed by atoms with E-state index in [1.165, 1.54) is 29.6 Å². The van der Waals surface area contributed by atoms with E-state index in [1.807, 2.05) is 0 Å². The number of hydrogen-bond donors (Lipinski definition) is 0. The first-order valence-electron chi connectivity index (χ1n) is 6.70. The molecule has 98 valence electrons. The van der Waals surface area contributed by atoms with Crippen LogP contribution in [0.5, 0.6) is 0 Å². The lowest BCUT2D eigenvalue weighted by Crippen LogP contribution is -2.33. The Balaban J connectivity index is 0.00000110. The van der Waals surface area contributed by atoms with Crippen LogP contribution in [0.3, 0.4) is 0 Å². The van der Waals surface area contributed by atoms with Gasteiger partial charge in [0.05, 0.1) is 5.54 Å². The van der Waals surface area contributed by atoms with Gasteiger partial charge in [0.1, 0.15) is 0 Å². The van der Waals surface area contributed by atoms with Gasteiger partial charge in [-0.05, 0) is 42.4 Å². The first kappa shape index (κ1) is 12.3. The Morgan fingerprint density at radius 2 is 1.95 bits per heavy atom. The Morgan fingerprint density at radius 3 is 2.74 bits per heavy atom. The average molecular weight is 251 g/mol. The van der Waals surface area contributed by atoms with E-state index in [-0.39, 0.29) is 7.43 Å². The molecule has 0 amide bonds. The van der Waals surface area contributed by atoms with Crippen LogP contribution in [0.4, 0.5) is 0 Å². The maximum atomic E-state index is 2.44. The molecule has 1 aromatic carbocycles. The molecular formula is C18H21N. The van der Waals surface area contributed by atoms with Gasteiger partial charge in [0, 0.05) is 12.4 Å². The third-order valence-electron chi connectivity index (χ3n) is 4.48. The summed E-state index contributed by atoms with van der Waals surface area (Å²) in [6.07, 6.45) is 11.9. The lowest BCUT2D eigenvalue weighted by atomic mass is 9.93. The van der Waals surface area contributed by atoms with Gasteiger partial charge in [0.25, 0.3) is 0 Å². The van der Waals surface area contributed by atoms with Crippen molar-refractivity contribution in [1.29, 1.82) is 0 Å². The zero-order valence-corrected chi connectivity index (χ0v) is 10.6. The largest absolute Gasteiger partial charge is 0.344 e. The molecule has 4 rings (SSSR count). The van der Waals surface area contributed by atoms with Gasteiger partial charge in [0.2, 0.25) is 0 Å². The fourth-order valence-corrected chi connectivity index (χ4v) is 3.34. The number of nitrogens with zero attached hydrogens (tertiary/aromatic N) is 1. The van der Waals surface area contributed by atoms with Crippen molar-refractivity contribution in [3.63, 3.8) is 0 Å². The van der Waals surface area contributed by atoms with Crippen LogP contribution in [-0.4, -0.2) is 10.4 Å². The van der Waals surface area contributed by atoms with Crippen LogP contribution in [-0.2, 0) is 0 Å². The number of hydrogen-bond acceptors (Lipinski definition) is 1. The van der Waals surface area contributed by atoms with E-state index in [0.29, 0.717) is 5.54 Å². The van der Waals surface area contributed by atoms with E-state index in [4.69, 9.17) is 0 Å². The average Bonchev–Trinajstić information content (AvgIpc) is 3.12. The molecule has 2 aliphatic heterocycles. The monoisotopic (exact) mass is 251 g/mol. The van der Waals surface area contributed by atoms with Crippen LogP contribution in [0.1, 0.15) is 32.8 Å². The van der Waals surface area contributed by atoms with Gasteiger partial charge in [0.15, 0.2) is 0 Å². The predicted molar refractivity (Wildman–Crippen MR) is 81.3 cm³/mol. The summed E-state index contributed by atoms with van der Waals surface area (Å²) in [5.41, 5.74) is 4.53. The van der Waals surface area contributed by atoms with E-state index < -0.39 is 0 Å². The van der Waals surface area contributed by atoms with Crippen LogP contribution in [0.25, 0.3) is 5.57 Å². The summed E-state index contributed by atoms with van der Waals surface area (Å²) in [4.78, 5) is 2.44. The van der Waals surface area contributed by atoms with Crippen LogP contribution in [0, 0.1) is 5.92 Å². The molecule has 2 unspecified atom stereocenters. The first-order valence-corrected chi connectivity index (χ1v) is 6.70. The summed E-state index contributed by atoms with van der Waals surface area (Å²) in [5, 5.41) is 0. The summed E-state index contributed by atoms with van der Waals surface area (Å²) >= 11 is 0. The summed E-state index contributed by atoms with van der Waals surface area (Å²) in [6, 6.07) is 10.8. The van der Waals surface area contributed by atoms with E-state index in [1.54, 1.807) is 0 Å². The molecule has 1 spiro atoms. The topological polar surface area (TPSA) is 3.24 Å². The maximum Gasteiger partial charge on any atom is 0.0661 e. The molecule has 1 fully saturated rings. The highest BCUT2D eigenvalue weighted by molar-refractivity contribution is 5.68. The van der Waals surface area contributed by atoms with Crippen molar-refractivity contribution in [1.82, 2.24) is 4.90 Å². The molecule has 0 N–H and O–H groups in total. The van der Waals surface area contributed by atoms with Gasteiger partial charge < -0.3 is 4.90 Å². The molecule has 2 heterocycles. The lowest BCUT2D eigenvalue weighted by molar-refractivity contribution is 0.359. The molecule has 0 bridgehead atoms. The van der Waals surface area contributed by atoms with Crippen molar-refractivity contribution >= 4 is 5.57 Å². The molecule has 1 aliphatic carbocycles. The van der Waals surface area contributed by atoms with E-state index >= 15 is 0 Å². The Morgan fingerprint density at radius 1 is 1.16 bits per heavy atom. The van der Waals surface area contributed by atoms with Gasteiger partial charge in [-0.15, -0.1) is 0 Å². The van der Waals surface area contributed by atoms with Gasteiger partial charge in [-0.1, -0.05) is 49.9 Å². The summed E-state index contributed by atoms with van der Waals surface area (Å²) < 4.78 is 0. The van der Waals surface area contributed by atoms with E-state index in [9.17, 15) is 0 Å². The Hall–Kier alpha value is -1.76. The van der Waals surface area contributed by atoms with Gasteiger partial charge >= 0.3 is 0 Å². The highest BCUT2D eigenvalue weighted by atomic mass is 15.2. The number of benzene rings is 1. The molecule has 19 heavy (non-hydrogen) atoms. The summed E-state index contributed by atoms with van der Waals surface area (Å²) in [5.74, 6) is 0.804. The molecule has 1 heteroatoms. The third-order valence-corrected chi connectivity index (χ3v) is 4.48. The van der Waals surface area contributed by atoms with E-state index in [0.717, 1.165) is 5.92 Å². The van der Waals surface area contributed by atoms with Crippen molar-refractivity contribution in [3.8, 4) is 0 Å². The fourth-order valence-electron chi connectivity index (χ4n) is 3.34. The zero-order valence-electron chi connectivity index (χ0n) is 10.6. The smallest absolute Gasteiger partial charge is 0.0661 e. The Bertz CT molecular complexity index is 579.